The number of amides is 1. The van der Waals surface area contributed by atoms with E-state index in [2.05, 4.69) is 5.32 Å². The van der Waals surface area contributed by atoms with E-state index >= 15 is 0 Å². The van der Waals surface area contributed by atoms with Crippen LogP contribution in [0.2, 0.25) is 5.02 Å². The number of aliphatic hydroxyl groups excluding tert-OH is 1. The average Bonchev–Trinajstić information content (AvgIpc) is 3.06. The van der Waals surface area contributed by atoms with E-state index in [9.17, 15) is 4.79 Å². The van der Waals surface area contributed by atoms with E-state index in [-0.39, 0.29) is 17.9 Å². The Morgan fingerprint density at radius 2 is 2.30 bits per heavy atom. The summed E-state index contributed by atoms with van der Waals surface area (Å²) in [6.07, 6.45) is 3.02. The van der Waals surface area contributed by atoms with Gasteiger partial charge in [-0.15, -0.1) is 0 Å². The van der Waals surface area contributed by atoms with Crippen LogP contribution in [-0.2, 0) is 11.2 Å². The highest BCUT2D eigenvalue weighted by molar-refractivity contribution is 6.30. The molecule has 1 aliphatic heterocycles. The number of rotatable bonds is 5. The summed E-state index contributed by atoms with van der Waals surface area (Å²) in [6, 6.07) is 5.42. The maximum Gasteiger partial charge on any atom is 0.261 e. The first-order valence-corrected chi connectivity index (χ1v) is 7.33. The first kappa shape index (κ1) is 13.7. The molecule has 1 saturated carbocycles. The van der Waals surface area contributed by atoms with Gasteiger partial charge in [0.25, 0.3) is 5.91 Å². The first-order chi connectivity index (χ1) is 9.62. The fourth-order valence-electron chi connectivity index (χ4n) is 2.68. The van der Waals surface area contributed by atoms with Crippen LogP contribution in [0.25, 0.3) is 0 Å². The molecule has 20 heavy (non-hydrogen) atoms. The topological polar surface area (TPSA) is 58.6 Å². The molecule has 0 saturated heterocycles. The number of hydrogen-bond acceptors (Lipinski definition) is 3. The van der Waals surface area contributed by atoms with Gasteiger partial charge in [0.15, 0.2) is 6.10 Å². The predicted octanol–water partition coefficient (Wildman–Crippen LogP) is 1.92. The summed E-state index contributed by atoms with van der Waals surface area (Å²) in [6.45, 7) is 0.809. The molecule has 108 valence electrons. The summed E-state index contributed by atoms with van der Waals surface area (Å²) in [5.41, 5.74) is 1.10. The largest absolute Gasteiger partial charge is 0.480 e. The Bertz CT molecular complexity index is 528. The molecule has 5 heteroatoms. The van der Waals surface area contributed by atoms with Gasteiger partial charge in [0.2, 0.25) is 0 Å². The molecule has 2 N–H and O–H groups in total. The number of aliphatic hydroxyl groups is 1. The van der Waals surface area contributed by atoms with Crippen molar-refractivity contribution in [3.8, 4) is 5.75 Å². The van der Waals surface area contributed by atoms with Gasteiger partial charge >= 0.3 is 0 Å². The molecule has 1 atom stereocenters. The van der Waals surface area contributed by atoms with Gasteiger partial charge in [0, 0.05) is 24.6 Å². The first-order valence-electron chi connectivity index (χ1n) is 6.96. The molecule has 1 aliphatic carbocycles. The summed E-state index contributed by atoms with van der Waals surface area (Å²) in [7, 11) is 0. The third-order valence-corrected chi connectivity index (χ3v) is 4.46. The smallest absolute Gasteiger partial charge is 0.261 e. The molecule has 0 aromatic heterocycles. The maximum atomic E-state index is 12.1. The molecule has 0 spiro atoms. The lowest BCUT2D eigenvalue weighted by Gasteiger charge is -2.16. The van der Waals surface area contributed by atoms with Crippen LogP contribution in [0.3, 0.4) is 0 Å². The monoisotopic (exact) mass is 295 g/mol. The second kappa shape index (κ2) is 5.26. The van der Waals surface area contributed by atoms with Crippen LogP contribution in [0.15, 0.2) is 18.2 Å². The minimum absolute atomic E-state index is 0.0819. The fraction of sp³-hybridized carbons (Fsp3) is 0.533. The Labute approximate surface area is 123 Å². The van der Waals surface area contributed by atoms with Gasteiger partial charge in [-0.2, -0.15) is 0 Å². The van der Waals surface area contributed by atoms with Crippen molar-refractivity contribution >= 4 is 17.5 Å². The number of halogens is 1. The quantitative estimate of drug-likeness (QED) is 0.872. The van der Waals surface area contributed by atoms with Crippen molar-refractivity contribution in [2.45, 2.75) is 31.8 Å². The van der Waals surface area contributed by atoms with E-state index < -0.39 is 6.10 Å². The molecule has 0 radical (unpaired) electrons. The third kappa shape index (κ3) is 2.76. The summed E-state index contributed by atoms with van der Waals surface area (Å²) in [5, 5.41) is 12.6. The molecule has 0 bridgehead atoms. The number of benzene rings is 1. The number of carbonyl (C=O) groups excluding carboxylic acids is 1. The number of fused-ring (bicyclic) bond motifs is 1. The van der Waals surface area contributed by atoms with Gasteiger partial charge < -0.3 is 15.2 Å². The summed E-state index contributed by atoms with van der Waals surface area (Å²) < 4.78 is 5.65. The second-order valence-corrected chi connectivity index (χ2v) is 6.19. The van der Waals surface area contributed by atoms with Crippen molar-refractivity contribution < 1.29 is 14.6 Å². The number of nitrogens with one attached hydrogen (secondary N) is 1. The van der Waals surface area contributed by atoms with Crippen molar-refractivity contribution in [1.29, 1.82) is 0 Å². The molecule has 1 aromatic carbocycles. The SMILES string of the molecule is O=C(NCC1(CCO)CC1)C1Cc2cc(Cl)ccc2O1. The van der Waals surface area contributed by atoms with Gasteiger partial charge in [-0.1, -0.05) is 11.6 Å². The van der Waals surface area contributed by atoms with Crippen LogP contribution < -0.4 is 10.1 Å². The van der Waals surface area contributed by atoms with Crippen LogP contribution in [0.5, 0.6) is 5.75 Å². The lowest BCUT2D eigenvalue weighted by Crippen LogP contribution is -2.40. The van der Waals surface area contributed by atoms with Crippen LogP contribution in [0.1, 0.15) is 24.8 Å². The van der Waals surface area contributed by atoms with Gasteiger partial charge in [0.1, 0.15) is 5.75 Å². The molecule has 1 amide bonds. The number of ether oxygens (including phenoxy) is 1. The Morgan fingerprint density at radius 1 is 1.50 bits per heavy atom. The van der Waals surface area contributed by atoms with Gasteiger partial charge in [0.05, 0.1) is 0 Å². The molecule has 1 unspecified atom stereocenters. The molecule has 1 fully saturated rings. The van der Waals surface area contributed by atoms with Gasteiger partial charge in [-0.3, -0.25) is 4.79 Å². The van der Waals surface area contributed by atoms with Gasteiger partial charge in [-0.05, 0) is 48.4 Å². The summed E-state index contributed by atoms with van der Waals surface area (Å²) in [4.78, 5) is 12.1. The van der Waals surface area contributed by atoms with Crippen molar-refractivity contribution in [2.75, 3.05) is 13.2 Å². The molecule has 1 aromatic rings. The fourth-order valence-corrected chi connectivity index (χ4v) is 2.88. The lowest BCUT2D eigenvalue weighted by molar-refractivity contribution is -0.127. The van der Waals surface area contributed by atoms with E-state index in [0.29, 0.717) is 18.0 Å². The van der Waals surface area contributed by atoms with E-state index in [1.165, 1.54) is 0 Å². The Morgan fingerprint density at radius 3 is 3.00 bits per heavy atom. The third-order valence-electron chi connectivity index (χ3n) is 4.23. The Hall–Kier alpha value is -1.26. The molecular weight excluding hydrogens is 278 g/mol. The minimum atomic E-state index is -0.464. The zero-order chi connectivity index (χ0) is 14.2. The highest BCUT2D eigenvalue weighted by Gasteiger charge is 2.42. The predicted molar refractivity (Wildman–Crippen MR) is 76.0 cm³/mol. The highest BCUT2D eigenvalue weighted by atomic mass is 35.5. The molecule has 1 heterocycles. The Balaban J connectivity index is 1.55. The van der Waals surface area contributed by atoms with Crippen LogP contribution in [0, 0.1) is 5.41 Å². The van der Waals surface area contributed by atoms with E-state index in [4.69, 9.17) is 21.4 Å². The minimum Gasteiger partial charge on any atom is -0.480 e. The number of carbonyl (C=O) groups is 1. The van der Waals surface area contributed by atoms with Crippen LogP contribution >= 0.6 is 11.6 Å². The highest BCUT2D eigenvalue weighted by Crippen LogP contribution is 2.47. The van der Waals surface area contributed by atoms with Crippen molar-refractivity contribution in [1.82, 2.24) is 5.32 Å². The summed E-state index contributed by atoms with van der Waals surface area (Å²) in [5.74, 6) is 0.660. The summed E-state index contributed by atoms with van der Waals surface area (Å²) >= 11 is 5.93. The zero-order valence-corrected chi connectivity index (χ0v) is 11.9. The van der Waals surface area contributed by atoms with Crippen molar-refractivity contribution in [3.05, 3.63) is 28.8 Å². The maximum absolute atomic E-state index is 12.1. The second-order valence-electron chi connectivity index (χ2n) is 5.75. The van der Waals surface area contributed by atoms with Crippen molar-refractivity contribution in [2.24, 2.45) is 5.41 Å². The van der Waals surface area contributed by atoms with E-state index in [0.717, 1.165) is 30.6 Å². The van der Waals surface area contributed by atoms with Crippen LogP contribution in [0.4, 0.5) is 0 Å². The van der Waals surface area contributed by atoms with E-state index in [1.54, 1.807) is 12.1 Å². The van der Waals surface area contributed by atoms with Crippen LogP contribution in [-0.4, -0.2) is 30.3 Å². The normalized spacial score (nSPS) is 22.0. The number of hydrogen-bond donors (Lipinski definition) is 2. The molecule has 2 aliphatic rings. The van der Waals surface area contributed by atoms with Gasteiger partial charge in [-0.25, -0.2) is 0 Å². The molecular formula is C15H18ClNO3. The standard InChI is InChI=1S/C15H18ClNO3/c16-11-1-2-12-10(7-11)8-13(20-12)14(19)17-9-15(3-4-15)5-6-18/h1-2,7,13,18H,3-6,8-9H2,(H,17,19). The van der Waals surface area contributed by atoms with Crippen molar-refractivity contribution in [3.63, 3.8) is 0 Å². The van der Waals surface area contributed by atoms with E-state index in [1.807, 2.05) is 6.07 Å². The zero-order valence-electron chi connectivity index (χ0n) is 11.2. The lowest BCUT2D eigenvalue weighted by atomic mass is 10.0. The molecule has 3 rings (SSSR count). The average molecular weight is 296 g/mol. The molecule has 4 nitrogen and oxygen atoms in total. The Kier molecular flexibility index (Phi) is 3.61.